The fourth-order valence-corrected chi connectivity index (χ4v) is 3.76. The average molecular weight is 387 g/mol. The predicted molar refractivity (Wildman–Crippen MR) is 104 cm³/mol. The first-order valence-electron chi connectivity index (χ1n) is 8.90. The van der Waals surface area contributed by atoms with E-state index in [1.54, 1.807) is 18.2 Å². The number of amides is 2. The minimum atomic E-state index is -1.07. The van der Waals surface area contributed by atoms with Crippen LogP contribution in [0.25, 0.3) is 10.8 Å². The Labute approximate surface area is 164 Å². The molecule has 0 spiro atoms. The van der Waals surface area contributed by atoms with Crippen molar-refractivity contribution in [2.75, 3.05) is 4.90 Å². The maximum atomic E-state index is 13.1. The van der Waals surface area contributed by atoms with E-state index in [2.05, 4.69) is 5.16 Å². The molecule has 8 nitrogen and oxygen atoms in total. The smallest absolute Gasteiger partial charge is 0.278 e. The van der Waals surface area contributed by atoms with Crippen molar-refractivity contribution in [3.63, 3.8) is 0 Å². The summed E-state index contributed by atoms with van der Waals surface area (Å²) >= 11 is 0. The van der Waals surface area contributed by atoms with Crippen molar-refractivity contribution < 1.29 is 19.3 Å². The molecule has 0 bridgehead atoms. The van der Waals surface area contributed by atoms with Crippen LogP contribution in [-0.2, 0) is 14.4 Å². The third-order valence-corrected chi connectivity index (χ3v) is 5.16. The molecule has 142 valence electrons. The zero-order valence-corrected chi connectivity index (χ0v) is 14.9. The van der Waals surface area contributed by atoms with E-state index in [4.69, 9.17) is 4.84 Å². The molecule has 2 aliphatic heterocycles. The first-order valence-corrected chi connectivity index (χ1v) is 8.90. The highest BCUT2D eigenvalue weighted by Crippen LogP contribution is 2.36. The number of anilines is 1. The predicted octanol–water partition coefficient (Wildman–Crippen LogP) is 3.04. The fraction of sp³-hybridized carbons (Fsp3) is 0.0952. The molecule has 2 aliphatic rings. The van der Waals surface area contributed by atoms with Crippen LogP contribution >= 0.6 is 0 Å². The summed E-state index contributed by atoms with van der Waals surface area (Å²) in [4.78, 5) is 42.9. The molecule has 3 aromatic carbocycles. The number of carbonyl (C=O) groups excluding carboxylic acids is 2. The molecule has 8 heteroatoms. The van der Waals surface area contributed by atoms with Gasteiger partial charge in [-0.25, -0.2) is 4.90 Å². The van der Waals surface area contributed by atoms with Gasteiger partial charge in [-0.1, -0.05) is 47.6 Å². The van der Waals surface area contributed by atoms with Gasteiger partial charge in [0, 0.05) is 17.7 Å². The topological polar surface area (TPSA) is 102 Å². The molecule has 5 rings (SSSR count). The van der Waals surface area contributed by atoms with Crippen LogP contribution in [0.3, 0.4) is 0 Å². The summed E-state index contributed by atoms with van der Waals surface area (Å²) in [6.45, 7) is 0. The van der Waals surface area contributed by atoms with E-state index in [0.29, 0.717) is 11.3 Å². The quantitative estimate of drug-likeness (QED) is 0.390. The number of imide groups is 1. The molecule has 0 aromatic heterocycles. The molecule has 2 heterocycles. The van der Waals surface area contributed by atoms with Gasteiger partial charge in [0.15, 0.2) is 0 Å². The highest BCUT2D eigenvalue weighted by molar-refractivity contribution is 6.32. The van der Waals surface area contributed by atoms with Crippen LogP contribution < -0.4 is 4.90 Å². The molecule has 0 radical (unpaired) electrons. The molecule has 0 unspecified atom stereocenters. The maximum Gasteiger partial charge on any atom is 0.278 e. The van der Waals surface area contributed by atoms with Gasteiger partial charge in [0.05, 0.1) is 10.6 Å². The minimum Gasteiger partial charge on any atom is -0.381 e. The van der Waals surface area contributed by atoms with Crippen molar-refractivity contribution in [3.8, 4) is 0 Å². The summed E-state index contributed by atoms with van der Waals surface area (Å²) in [7, 11) is 0. The zero-order chi connectivity index (χ0) is 20.1. The van der Waals surface area contributed by atoms with E-state index in [-0.39, 0.29) is 11.4 Å². The van der Waals surface area contributed by atoms with Crippen molar-refractivity contribution in [2.45, 2.75) is 6.10 Å². The summed E-state index contributed by atoms with van der Waals surface area (Å²) in [5.74, 6) is -1.89. The molecule has 1 fully saturated rings. The number of non-ortho nitro benzene ring substituents is 1. The number of nitrogens with zero attached hydrogens (tertiary/aromatic N) is 3. The lowest BCUT2D eigenvalue weighted by Gasteiger charge is -2.16. The summed E-state index contributed by atoms with van der Waals surface area (Å²) in [6.07, 6.45) is -1.07. The van der Waals surface area contributed by atoms with E-state index >= 15 is 0 Å². The van der Waals surface area contributed by atoms with Gasteiger partial charge in [0.2, 0.25) is 12.0 Å². The van der Waals surface area contributed by atoms with Crippen LogP contribution in [0.15, 0.2) is 71.9 Å². The SMILES string of the molecule is O=C1[C@H]2C(c3cccc([N+](=O)[O-])c3)=NO[C@H]2C(=O)N1c1ccc2ccccc2c1. The van der Waals surface area contributed by atoms with E-state index in [1.807, 2.05) is 30.3 Å². The average Bonchev–Trinajstić information content (AvgIpc) is 3.28. The molecule has 0 saturated carbocycles. The monoisotopic (exact) mass is 387 g/mol. The van der Waals surface area contributed by atoms with Crippen LogP contribution in [0.5, 0.6) is 0 Å². The molecule has 1 saturated heterocycles. The van der Waals surface area contributed by atoms with E-state index in [0.717, 1.165) is 15.7 Å². The molecule has 3 aromatic rings. The number of nitro groups is 1. The first kappa shape index (κ1) is 17.1. The van der Waals surface area contributed by atoms with Crippen LogP contribution in [0, 0.1) is 16.0 Å². The van der Waals surface area contributed by atoms with Gasteiger partial charge in [-0.05, 0) is 22.9 Å². The van der Waals surface area contributed by atoms with Crippen LogP contribution in [0.1, 0.15) is 5.56 Å². The molecule has 2 atom stereocenters. The third kappa shape index (κ3) is 2.57. The Bertz CT molecular complexity index is 1240. The number of carbonyl (C=O) groups is 2. The molecular formula is C21H13N3O5. The van der Waals surface area contributed by atoms with Gasteiger partial charge >= 0.3 is 0 Å². The molecule has 29 heavy (non-hydrogen) atoms. The van der Waals surface area contributed by atoms with Crippen molar-refractivity contribution in [2.24, 2.45) is 11.1 Å². The second-order valence-corrected chi connectivity index (χ2v) is 6.83. The normalized spacial score (nSPS) is 20.6. The Morgan fingerprint density at radius 3 is 2.52 bits per heavy atom. The van der Waals surface area contributed by atoms with Gasteiger partial charge in [-0.3, -0.25) is 19.7 Å². The fourth-order valence-electron chi connectivity index (χ4n) is 3.76. The summed E-state index contributed by atoms with van der Waals surface area (Å²) in [5.41, 5.74) is 0.931. The zero-order valence-electron chi connectivity index (χ0n) is 14.9. The Balaban J connectivity index is 1.52. The third-order valence-electron chi connectivity index (χ3n) is 5.16. The summed E-state index contributed by atoms with van der Waals surface area (Å²) < 4.78 is 0. The lowest BCUT2D eigenvalue weighted by atomic mass is 9.94. The largest absolute Gasteiger partial charge is 0.381 e. The van der Waals surface area contributed by atoms with Crippen molar-refractivity contribution in [1.29, 1.82) is 0 Å². The van der Waals surface area contributed by atoms with E-state index in [1.165, 1.54) is 18.2 Å². The van der Waals surface area contributed by atoms with Gasteiger partial charge in [-0.15, -0.1) is 0 Å². The number of hydrogen-bond donors (Lipinski definition) is 0. The van der Waals surface area contributed by atoms with E-state index < -0.39 is 28.8 Å². The van der Waals surface area contributed by atoms with Crippen molar-refractivity contribution in [1.82, 2.24) is 0 Å². The molecular weight excluding hydrogens is 374 g/mol. The summed E-state index contributed by atoms with van der Waals surface area (Å²) in [6, 6.07) is 18.7. The maximum absolute atomic E-state index is 13.1. The van der Waals surface area contributed by atoms with Gasteiger partial charge < -0.3 is 4.84 Å². The van der Waals surface area contributed by atoms with E-state index in [9.17, 15) is 19.7 Å². The highest BCUT2D eigenvalue weighted by atomic mass is 16.7. The molecule has 2 amide bonds. The van der Waals surface area contributed by atoms with Gasteiger partial charge in [0.25, 0.3) is 11.6 Å². The number of benzene rings is 3. The van der Waals surface area contributed by atoms with Crippen LogP contribution in [-0.4, -0.2) is 28.6 Å². The Morgan fingerprint density at radius 1 is 0.931 bits per heavy atom. The number of nitro benzene ring substituents is 1. The number of fused-ring (bicyclic) bond motifs is 2. The molecule has 0 N–H and O–H groups in total. The lowest BCUT2D eigenvalue weighted by molar-refractivity contribution is -0.384. The first-order chi connectivity index (χ1) is 14.0. The van der Waals surface area contributed by atoms with Gasteiger partial charge in [-0.2, -0.15) is 0 Å². The Hall–Kier alpha value is -4.07. The molecule has 0 aliphatic carbocycles. The summed E-state index contributed by atoms with van der Waals surface area (Å²) in [5, 5.41) is 16.8. The Morgan fingerprint density at radius 2 is 1.72 bits per heavy atom. The van der Waals surface area contributed by atoms with Gasteiger partial charge in [0.1, 0.15) is 11.6 Å². The number of oxime groups is 1. The highest BCUT2D eigenvalue weighted by Gasteiger charge is 2.56. The van der Waals surface area contributed by atoms with Crippen LogP contribution in [0.2, 0.25) is 0 Å². The van der Waals surface area contributed by atoms with Crippen molar-refractivity contribution >= 4 is 39.7 Å². The standard InChI is InChI=1S/C21H13N3O5/c25-20-17-18(14-6-3-7-16(11-14)24(27)28)22-29-19(17)21(26)23(20)15-9-8-12-4-1-2-5-13(12)10-15/h1-11,17,19H/t17-,19+/m0/s1. The second kappa shape index (κ2) is 6.23. The Kier molecular flexibility index (Phi) is 3.67. The van der Waals surface area contributed by atoms with Crippen LogP contribution in [0.4, 0.5) is 11.4 Å². The lowest BCUT2D eigenvalue weighted by Crippen LogP contribution is -2.33. The minimum absolute atomic E-state index is 0.128. The number of rotatable bonds is 3. The number of hydrogen-bond acceptors (Lipinski definition) is 6. The second-order valence-electron chi connectivity index (χ2n) is 6.83. The van der Waals surface area contributed by atoms with Crippen molar-refractivity contribution in [3.05, 3.63) is 82.4 Å².